The molecule has 0 unspecified atom stereocenters. The maximum Gasteiger partial charge on any atom is 0.251 e. The largest absolute Gasteiger partial charge is 0.371 e. The standard InChI is InChI=1S/C22H28N4O3/c1-13-5-7-14(8-6-13)20(27)24-15-11-28-19-16(12-29-18(15)19)25-21-23-10-9-17(26-21)22(2,3)4/h5-10,15-16,18-19H,11-12H2,1-4H3,(H,24,27)(H,23,25,26)/t15-,16-,18+,19+/m0/s1. The number of fused-ring (bicyclic) bond motifs is 1. The van der Waals surface area contributed by atoms with Crippen molar-refractivity contribution >= 4 is 11.9 Å². The number of carbonyl (C=O) groups is 1. The highest BCUT2D eigenvalue weighted by Gasteiger charge is 2.48. The monoisotopic (exact) mass is 396 g/mol. The summed E-state index contributed by atoms with van der Waals surface area (Å²) in [4.78, 5) is 21.5. The normalized spacial score (nSPS) is 26.2. The number of rotatable bonds is 4. The topological polar surface area (TPSA) is 85.4 Å². The number of nitrogens with one attached hydrogen (secondary N) is 2. The molecule has 1 aromatic carbocycles. The van der Waals surface area contributed by atoms with Crippen LogP contribution in [0.4, 0.5) is 5.95 Å². The molecule has 1 amide bonds. The van der Waals surface area contributed by atoms with Gasteiger partial charge in [-0.05, 0) is 25.1 Å². The summed E-state index contributed by atoms with van der Waals surface area (Å²) in [5.74, 6) is 0.461. The fourth-order valence-electron chi connectivity index (χ4n) is 3.72. The summed E-state index contributed by atoms with van der Waals surface area (Å²) >= 11 is 0. The fourth-order valence-corrected chi connectivity index (χ4v) is 3.72. The lowest BCUT2D eigenvalue weighted by Crippen LogP contribution is -2.44. The van der Waals surface area contributed by atoms with E-state index in [0.29, 0.717) is 24.7 Å². The van der Waals surface area contributed by atoms with E-state index in [9.17, 15) is 4.79 Å². The van der Waals surface area contributed by atoms with Crippen LogP contribution in [-0.4, -0.2) is 53.4 Å². The molecule has 0 saturated carbocycles. The van der Waals surface area contributed by atoms with Crippen LogP contribution in [0.5, 0.6) is 0 Å². The zero-order valence-electron chi connectivity index (χ0n) is 17.3. The van der Waals surface area contributed by atoms with Crippen molar-refractivity contribution in [3.8, 4) is 0 Å². The zero-order valence-corrected chi connectivity index (χ0v) is 17.3. The van der Waals surface area contributed by atoms with Gasteiger partial charge in [-0.3, -0.25) is 4.79 Å². The van der Waals surface area contributed by atoms with Crippen LogP contribution in [0.2, 0.25) is 0 Å². The van der Waals surface area contributed by atoms with Crippen LogP contribution in [0.15, 0.2) is 36.5 Å². The highest BCUT2D eigenvalue weighted by atomic mass is 16.6. The Morgan fingerprint density at radius 2 is 1.69 bits per heavy atom. The lowest BCUT2D eigenvalue weighted by Gasteiger charge is -2.21. The van der Waals surface area contributed by atoms with Gasteiger partial charge in [0.25, 0.3) is 5.91 Å². The Bertz CT molecular complexity index is 878. The highest BCUT2D eigenvalue weighted by Crippen LogP contribution is 2.29. The van der Waals surface area contributed by atoms with Gasteiger partial charge in [-0.2, -0.15) is 0 Å². The molecule has 29 heavy (non-hydrogen) atoms. The molecule has 2 saturated heterocycles. The Labute approximate surface area is 171 Å². The second-order valence-corrected chi connectivity index (χ2v) is 8.81. The number of aryl methyl sites for hydroxylation is 1. The molecule has 2 N–H and O–H groups in total. The molecule has 0 bridgehead atoms. The second-order valence-electron chi connectivity index (χ2n) is 8.81. The molecule has 0 spiro atoms. The van der Waals surface area contributed by atoms with Gasteiger partial charge in [0, 0.05) is 17.2 Å². The van der Waals surface area contributed by atoms with Crippen molar-refractivity contribution in [2.24, 2.45) is 0 Å². The number of hydrogen-bond acceptors (Lipinski definition) is 6. The number of benzene rings is 1. The van der Waals surface area contributed by atoms with E-state index >= 15 is 0 Å². The molecule has 2 aliphatic heterocycles. The minimum Gasteiger partial charge on any atom is -0.371 e. The minimum absolute atomic E-state index is 0.0523. The number of carbonyl (C=O) groups excluding carboxylic acids is 1. The smallest absolute Gasteiger partial charge is 0.251 e. The first-order valence-corrected chi connectivity index (χ1v) is 10.0. The molecule has 1 aromatic heterocycles. The molecular formula is C22H28N4O3. The quantitative estimate of drug-likeness (QED) is 0.826. The van der Waals surface area contributed by atoms with Gasteiger partial charge in [0.2, 0.25) is 5.95 Å². The maximum atomic E-state index is 12.5. The molecule has 154 valence electrons. The third-order valence-corrected chi connectivity index (χ3v) is 5.42. The number of nitrogens with zero attached hydrogens (tertiary/aromatic N) is 2. The van der Waals surface area contributed by atoms with E-state index in [1.165, 1.54) is 0 Å². The van der Waals surface area contributed by atoms with Gasteiger partial charge >= 0.3 is 0 Å². The van der Waals surface area contributed by atoms with E-state index in [4.69, 9.17) is 9.47 Å². The Balaban J connectivity index is 1.39. The first kappa shape index (κ1) is 19.8. The fraction of sp³-hybridized carbons (Fsp3) is 0.500. The second kappa shape index (κ2) is 7.72. The van der Waals surface area contributed by atoms with Gasteiger partial charge in [0.15, 0.2) is 0 Å². The molecule has 0 radical (unpaired) electrons. The summed E-state index contributed by atoms with van der Waals surface area (Å²) < 4.78 is 11.9. The molecular weight excluding hydrogens is 368 g/mol. The van der Waals surface area contributed by atoms with Gasteiger partial charge in [-0.25, -0.2) is 9.97 Å². The van der Waals surface area contributed by atoms with Gasteiger partial charge < -0.3 is 20.1 Å². The van der Waals surface area contributed by atoms with Crippen LogP contribution >= 0.6 is 0 Å². The van der Waals surface area contributed by atoms with Crippen molar-refractivity contribution in [3.05, 3.63) is 53.3 Å². The van der Waals surface area contributed by atoms with Crippen molar-refractivity contribution in [3.63, 3.8) is 0 Å². The third-order valence-electron chi connectivity index (χ3n) is 5.42. The SMILES string of the molecule is Cc1ccc(C(=O)N[C@H]2CO[C@H]3[C@@H]2OC[C@@H]3Nc2nccc(C(C)(C)C)n2)cc1. The molecule has 7 nitrogen and oxygen atoms in total. The van der Waals surface area contributed by atoms with E-state index in [2.05, 4.69) is 41.4 Å². The molecule has 4 atom stereocenters. The summed E-state index contributed by atoms with van der Waals surface area (Å²) in [6.45, 7) is 9.26. The Morgan fingerprint density at radius 3 is 2.38 bits per heavy atom. The van der Waals surface area contributed by atoms with Gasteiger partial charge in [0.05, 0.1) is 31.0 Å². The number of hydrogen-bond donors (Lipinski definition) is 2. The van der Waals surface area contributed by atoms with E-state index in [1.54, 1.807) is 6.20 Å². The first-order chi connectivity index (χ1) is 13.8. The molecule has 7 heteroatoms. The number of anilines is 1. The van der Waals surface area contributed by atoms with E-state index in [1.807, 2.05) is 37.3 Å². The van der Waals surface area contributed by atoms with Crippen molar-refractivity contribution < 1.29 is 14.3 Å². The molecule has 0 aliphatic carbocycles. The molecule has 3 heterocycles. The lowest BCUT2D eigenvalue weighted by atomic mass is 9.92. The summed E-state index contributed by atoms with van der Waals surface area (Å²) in [5, 5.41) is 6.40. The minimum atomic E-state index is -0.187. The van der Waals surface area contributed by atoms with Crippen LogP contribution in [0.3, 0.4) is 0 Å². The van der Waals surface area contributed by atoms with Crippen molar-refractivity contribution in [2.75, 3.05) is 18.5 Å². The van der Waals surface area contributed by atoms with Gasteiger partial charge in [0.1, 0.15) is 12.2 Å². The number of amides is 1. The molecule has 4 rings (SSSR count). The molecule has 2 fully saturated rings. The summed E-state index contributed by atoms with van der Waals surface area (Å²) in [7, 11) is 0. The van der Waals surface area contributed by atoms with Gasteiger partial charge in [-0.1, -0.05) is 38.5 Å². The van der Waals surface area contributed by atoms with Crippen LogP contribution < -0.4 is 10.6 Å². The maximum absolute atomic E-state index is 12.5. The van der Waals surface area contributed by atoms with Crippen molar-refractivity contribution in [1.29, 1.82) is 0 Å². The average molecular weight is 396 g/mol. The van der Waals surface area contributed by atoms with Crippen LogP contribution in [0.1, 0.15) is 42.4 Å². The number of ether oxygens (including phenoxy) is 2. The van der Waals surface area contributed by atoms with Crippen molar-refractivity contribution in [1.82, 2.24) is 15.3 Å². The first-order valence-electron chi connectivity index (χ1n) is 10.0. The predicted octanol–water partition coefficient (Wildman–Crippen LogP) is 2.46. The van der Waals surface area contributed by atoms with Crippen LogP contribution in [-0.2, 0) is 14.9 Å². The summed E-state index contributed by atoms with van der Waals surface area (Å²) in [5.41, 5.74) is 2.68. The van der Waals surface area contributed by atoms with Crippen LogP contribution in [0, 0.1) is 6.92 Å². The number of aromatic nitrogens is 2. The molecule has 2 aliphatic rings. The van der Waals surface area contributed by atoms with Gasteiger partial charge in [-0.15, -0.1) is 0 Å². The van der Waals surface area contributed by atoms with E-state index < -0.39 is 0 Å². The summed E-state index contributed by atoms with van der Waals surface area (Å²) in [6, 6.07) is 9.22. The summed E-state index contributed by atoms with van der Waals surface area (Å²) in [6.07, 6.45) is 1.43. The van der Waals surface area contributed by atoms with Crippen molar-refractivity contribution in [2.45, 2.75) is 57.4 Å². The molecule has 2 aromatic rings. The zero-order chi connectivity index (χ0) is 20.6. The van der Waals surface area contributed by atoms with E-state index in [-0.39, 0.29) is 35.6 Å². The Kier molecular flexibility index (Phi) is 5.27. The van der Waals surface area contributed by atoms with Crippen LogP contribution in [0.25, 0.3) is 0 Å². The third kappa shape index (κ3) is 4.26. The Hall–Kier alpha value is -2.51. The Morgan fingerprint density at radius 1 is 1.03 bits per heavy atom. The predicted molar refractivity (Wildman–Crippen MR) is 110 cm³/mol. The lowest BCUT2D eigenvalue weighted by molar-refractivity contribution is 0.0652. The average Bonchev–Trinajstić information content (AvgIpc) is 3.25. The van der Waals surface area contributed by atoms with E-state index in [0.717, 1.165) is 11.3 Å². The highest BCUT2D eigenvalue weighted by molar-refractivity contribution is 5.94.